The fourth-order valence-electron chi connectivity index (χ4n) is 2.18. The number of carbonyl (C=O) groups is 1. The maximum atomic E-state index is 10.7. The van der Waals surface area contributed by atoms with E-state index in [0.29, 0.717) is 28.0 Å². The summed E-state index contributed by atoms with van der Waals surface area (Å²) in [5.74, 6) is -0.832. The molecule has 0 fully saturated rings. The quantitative estimate of drug-likeness (QED) is 0.840. The zero-order valence-corrected chi connectivity index (χ0v) is 13.0. The van der Waals surface area contributed by atoms with E-state index in [1.807, 2.05) is 0 Å². The van der Waals surface area contributed by atoms with Crippen LogP contribution in [0.4, 0.5) is 0 Å². The topological polar surface area (TPSA) is 67.2 Å². The Morgan fingerprint density at radius 1 is 1.33 bits per heavy atom. The van der Waals surface area contributed by atoms with Crippen LogP contribution in [0.3, 0.4) is 0 Å². The third kappa shape index (κ3) is 3.68. The van der Waals surface area contributed by atoms with E-state index < -0.39 is 5.97 Å². The van der Waals surface area contributed by atoms with Crippen molar-refractivity contribution in [2.45, 2.75) is 19.9 Å². The van der Waals surface area contributed by atoms with Crippen molar-refractivity contribution in [1.29, 1.82) is 0 Å². The molecule has 112 valence electrons. The minimum Gasteiger partial charge on any atom is -0.548 e. The molecule has 0 N–H and O–H groups in total. The second-order valence-electron chi connectivity index (χ2n) is 4.56. The van der Waals surface area contributed by atoms with E-state index >= 15 is 0 Å². The summed E-state index contributed by atoms with van der Waals surface area (Å²) in [7, 11) is 1.47. The molecule has 1 heterocycles. The van der Waals surface area contributed by atoms with Crippen LogP contribution in [0.2, 0.25) is 10.0 Å². The molecule has 7 heteroatoms. The van der Waals surface area contributed by atoms with Crippen LogP contribution in [-0.4, -0.2) is 22.9 Å². The highest BCUT2D eigenvalue weighted by Gasteiger charge is 2.16. The van der Waals surface area contributed by atoms with E-state index in [4.69, 9.17) is 27.9 Å². The van der Waals surface area contributed by atoms with Crippen LogP contribution >= 0.6 is 23.2 Å². The summed E-state index contributed by atoms with van der Waals surface area (Å²) < 4.78 is 6.54. The van der Waals surface area contributed by atoms with E-state index in [2.05, 4.69) is 5.10 Å². The van der Waals surface area contributed by atoms with Crippen molar-refractivity contribution in [2.24, 2.45) is 0 Å². The van der Waals surface area contributed by atoms with Gasteiger partial charge < -0.3 is 14.6 Å². The van der Waals surface area contributed by atoms with E-state index in [1.165, 1.54) is 11.8 Å². The maximum Gasteiger partial charge on any atom is 0.215 e. The highest BCUT2D eigenvalue weighted by molar-refractivity contribution is 6.34. The van der Waals surface area contributed by atoms with Crippen LogP contribution in [-0.2, 0) is 17.8 Å². The van der Waals surface area contributed by atoms with Crippen LogP contribution < -0.4 is 9.84 Å². The largest absolute Gasteiger partial charge is 0.548 e. The van der Waals surface area contributed by atoms with Gasteiger partial charge in [-0.15, -0.1) is 0 Å². The molecule has 0 aliphatic rings. The van der Waals surface area contributed by atoms with Crippen molar-refractivity contribution < 1.29 is 14.6 Å². The van der Waals surface area contributed by atoms with Gasteiger partial charge in [-0.1, -0.05) is 23.2 Å². The van der Waals surface area contributed by atoms with Gasteiger partial charge in [-0.3, -0.25) is 0 Å². The van der Waals surface area contributed by atoms with E-state index in [-0.39, 0.29) is 6.54 Å². The molecule has 1 aromatic carbocycles. The zero-order chi connectivity index (χ0) is 15.6. The molecule has 1 aromatic heterocycles. The Labute approximate surface area is 132 Å². The van der Waals surface area contributed by atoms with Crippen molar-refractivity contribution in [1.82, 2.24) is 9.78 Å². The number of rotatable bonds is 5. The number of aromatic nitrogens is 2. The van der Waals surface area contributed by atoms with Crippen LogP contribution in [0.5, 0.6) is 5.88 Å². The number of aryl methyl sites for hydroxylation is 1. The van der Waals surface area contributed by atoms with Gasteiger partial charge in [0, 0.05) is 22.0 Å². The number of ether oxygens (including phenoxy) is 1. The standard InChI is InChI=1S/C14H14Cl2N2O3/c1-8-12(5-9-3-10(15)6-11(16)4-9)14(21-2)18(17-8)7-13(19)20/h3-4,6H,5,7H2,1-2H3,(H,19,20)/p-1. The summed E-state index contributed by atoms with van der Waals surface area (Å²) in [6.45, 7) is 1.43. The Balaban J connectivity index is 2.39. The fourth-order valence-corrected chi connectivity index (χ4v) is 2.75. The Morgan fingerprint density at radius 3 is 2.48 bits per heavy atom. The number of hydrogen-bond donors (Lipinski definition) is 0. The number of aliphatic carboxylic acids is 1. The highest BCUT2D eigenvalue weighted by atomic mass is 35.5. The first-order chi connectivity index (χ1) is 9.90. The van der Waals surface area contributed by atoms with Gasteiger partial charge in [0.15, 0.2) is 0 Å². The molecule has 2 rings (SSSR count). The molecular weight excluding hydrogens is 315 g/mol. The van der Waals surface area contributed by atoms with E-state index in [0.717, 1.165) is 11.1 Å². The van der Waals surface area contributed by atoms with Crippen LogP contribution in [0.15, 0.2) is 18.2 Å². The lowest BCUT2D eigenvalue weighted by Gasteiger charge is -2.09. The van der Waals surface area contributed by atoms with Crippen molar-refractivity contribution in [3.63, 3.8) is 0 Å². The number of benzene rings is 1. The SMILES string of the molecule is COc1c(Cc2cc(Cl)cc(Cl)c2)c(C)nn1CC(=O)[O-]. The van der Waals surface area contributed by atoms with E-state index in [9.17, 15) is 9.90 Å². The zero-order valence-electron chi connectivity index (χ0n) is 11.5. The molecule has 0 atom stereocenters. The molecule has 0 bridgehead atoms. The minimum absolute atomic E-state index is 0.361. The maximum absolute atomic E-state index is 10.7. The molecule has 0 amide bonds. The van der Waals surface area contributed by atoms with Crippen LogP contribution in [0.25, 0.3) is 0 Å². The first-order valence-electron chi connectivity index (χ1n) is 6.15. The molecular formula is C14H13Cl2N2O3-. The van der Waals surface area contributed by atoms with Gasteiger partial charge >= 0.3 is 0 Å². The number of carboxylic acids is 1. The Bertz CT molecular complexity index is 663. The Kier molecular flexibility index (Phi) is 4.75. The van der Waals surface area contributed by atoms with Crippen LogP contribution in [0, 0.1) is 6.92 Å². The van der Waals surface area contributed by atoms with Crippen molar-refractivity contribution in [3.05, 3.63) is 45.1 Å². The number of nitrogens with zero attached hydrogens (tertiary/aromatic N) is 2. The second kappa shape index (κ2) is 6.37. The molecule has 21 heavy (non-hydrogen) atoms. The second-order valence-corrected chi connectivity index (χ2v) is 5.43. The summed E-state index contributed by atoms with van der Waals surface area (Å²) in [6.07, 6.45) is 0.488. The summed E-state index contributed by atoms with van der Waals surface area (Å²) in [6, 6.07) is 5.24. The Hall–Kier alpha value is -1.72. The number of halogens is 2. The average molecular weight is 328 g/mol. The normalized spacial score (nSPS) is 10.7. The molecule has 0 unspecified atom stereocenters. The third-order valence-electron chi connectivity index (χ3n) is 2.98. The molecule has 0 radical (unpaired) electrons. The lowest BCUT2D eigenvalue weighted by Crippen LogP contribution is -2.28. The van der Waals surface area contributed by atoms with Gasteiger partial charge in [0.25, 0.3) is 0 Å². The van der Waals surface area contributed by atoms with Gasteiger partial charge in [0.05, 0.1) is 25.3 Å². The van der Waals surface area contributed by atoms with Crippen molar-refractivity contribution >= 4 is 29.2 Å². The number of methoxy groups -OCH3 is 1. The lowest BCUT2D eigenvalue weighted by molar-refractivity contribution is -0.306. The Morgan fingerprint density at radius 2 is 1.95 bits per heavy atom. The molecule has 0 saturated carbocycles. The smallest absolute Gasteiger partial charge is 0.215 e. The molecule has 0 aliphatic carbocycles. The van der Waals surface area contributed by atoms with E-state index in [1.54, 1.807) is 25.1 Å². The van der Waals surface area contributed by atoms with Gasteiger partial charge in [0.1, 0.15) is 0 Å². The van der Waals surface area contributed by atoms with Crippen LogP contribution in [0.1, 0.15) is 16.8 Å². The number of carboxylic acid groups (broad SMARTS) is 1. The van der Waals surface area contributed by atoms with Crippen molar-refractivity contribution in [2.75, 3.05) is 7.11 Å². The number of hydrogen-bond acceptors (Lipinski definition) is 4. The lowest BCUT2D eigenvalue weighted by atomic mass is 10.1. The van der Waals surface area contributed by atoms with Gasteiger partial charge in [-0.25, -0.2) is 4.68 Å². The molecule has 2 aromatic rings. The predicted octanol–water partition coefficient (Wildman–Crippen LogP) is 1.85. The molecule has 0 saturated heterocycles. The average Bonchev–Trinajstić information content (AvgIpc) is 2.63. The highest BCUT2D eigenvalue weighted by Crippen LogP contribution is 2.27. The predicted molar refractivity (Wildman–Crippen MR) is 77.8 cm³/mol. The monoisotopic (exact) mass is 327 g/mol. The summed E-state index contributed by atoms with van der Waals surface area (Å²) in [5, 5.41) is 16.0. The molecule has 5 nitrogen and oxygen atoms in total. The summed E-state index contributed by atoms with van der Waals surface area (Å²) in [4.78, 5) is 10.7. The summed E-state index contributed by atoms with van der Waals surface area (Å²) in [5.41, 5.74) is 2.36. The first-order valence-corrected chi connectivity index (χ1v) is 6.91. The van der Waals surface area contributed by atoms with Gasteiger partial charge in [-0.05, 0) is 30.7 Å². The molecule has 0 spiro atoms. The fraction of sp³-hybridized carbons (Fsp3) is 0.286. The number of carbonyl (C=O) groups excluding carboxylic acids is 1. The van der Waals surface area contributed by atoms with Gasteiger partial charge in [0.2, 0.25) is 5.88 Å². The van der Waals surface area contributed by atoms with Gasteiger partial charge in [-0.2, -0.15) is 5.10 Å². The summed E-state index contributed by atoms with van der Waals surface area (Å²) >= 11 is 12.0. The third-order valence-corrected chi connectivity index (χ3v) is 3.41. The minimum atomic E-state index is -1.23. The first kappa shape index (κ1) is 15.7. The molecule has 0 aliphatic heterocycles. The van der Waals surface area contributed by atoms with Crippen molar-refractivity contribution in [3.8, 4) is 5.88 Å².